The molecule has 0 bridgehead atoms. The van der Waals surface area contributed by atoms with Crippen molar-refractivity contribution in [3.05, 3.63) is 28.8 Å². The van der Waals surface area contributed by atoms with Crippen molar-refractivity contribution in [1.82, 2.24) is 5.32 Å². The molecule has 18 heavy (non-hydrogen) atoms. The van der Waals surface area contributed by atoms with E-state index in [1.54, 1.807) is 6.07 Å². The van der Waals surface area contributed by atoms with Crippen LogP contribution in [0.3, 0.4) is 0 Å². The Bertz CT molecular complexity index is 473. The number of primary amides is 1. The van der Waals surface area contributed by atoms with E-state index in [4.69, 9.17) is 17.3 Å². The number of hydrogen-bond donors (Lipinski definition) is 2. The average molecular weight is 268 g/mol. The predicted molar refractivity (Wildman–Crippen MR) is 74.3 cm³/mol. The van der Waals surface area contributed by atoms with Gasteiger partial charge in [-0.1, -0.05) is 11.6 Å². The minimum atomic E-state index is -0.494. The van der Waals surface area contributed by atoms with Gasteiger partial charge in [0.05, 0.1) is 10.6 Å². The zero-order valence-corrected chi connectivity index (χ0v) is 11.4. The third-order valence-corrected chi connectivity index (χ3v) is 3.64. The lowest BCUT2D eigenvalue weighted by Crippen LogP contribution is -2.58. The lowest BCUT2D eigenvalue weighted by molar-refractivity contribution is 0.100. The Kier molecular flexibility index (Phi) is 3.50. The van der Waals surface area contributed by atoms with Crippen LogP contribution in [-0.4, -0.2) is 31.1 Å². The summed E-state index contributed by atoms with van der Waals surface area (Å²) in [5.41, 5.74) is 6.67. The van der Waals surface area contributed by atoms with Crippen molar-refractivity contribution in [1.29, 1.82) is 0 Å². The Balaban J connectivity index is 2.34. The van der Waals surface area contributed by atoms with Crippen molar-refractivity contribution < 1.29 is 4.79 Å². The van der Waals surface area contributed by atoms with Crippen LogP contribution < -0.4 is 16.0 Å². The summed E-state index contributed by atoms with van der Waals surface area (Å²) in [6.45, 7) is 7.13. The van der Waals surface area contributed by atoms with Crippen LogP contribution in [0.15, 0.2) is 18.2 Å². The van der Waals surface area contributed by atoms with Crippen molar-refractivity contribution >= 4 is 23.2 Å². The molecule has 1 fully saturated rings. The second kappa shape index (κ2) is 4.78. The highest BCUT2D eigenvalue weighted by Gasteiger charge is 2.30. The van der Waals surface area contributed by atoms with Crippen LogP contribution in [0.4, 0.5) is 5.69 Å². The first-order valence-electron chi connectivity index (χ1n) is 5.99. The number of benzene rings is 1. The van der Waals surface area contributed by atoms with Gasteiger partial charge in [-0.2, -0.15) is 0 Å². The molecule has 0 saturated carbocycles. The van der Waals surface area contributed by atoms with Crippen molar-refractivity contribution in [2.75, 3.05) is 24.5 Å². The molecule has 1 aliphatic heterocycles. The third kappa shape index (κ3) is 2.44. The largest absolute Gasteiger partial charge is 0.366 e. The SMILES string of the molecule is CC1(C)CNCCN1c1ccc(C(N)=O)c(Cl)c1. The van der Waals surface area contributed by atoms with Crippen LogP contribution in [0.25, 0.3) is 0 Å². The first-order valence-corrected chi connectivity index (χ1v) is 6.37. The molecule has 0 spiro atoms. The van der Waals surface area contributed by atoms with Crippen LogP contribution in [0.5, 0.6) is 0 Å². The lowest BCUT2D eigenvalue weighted by atomic mass is 9.99. The van der Waals surface area contributed by atoms with E-state index in [1.807, 2.05) is 12.1 Å². The monoisotopic (exact) mass is 267 g/mol. The van der Waals surface area contributed by atoms with Gasteiger partial charge in [-0.15, -0.1) is 0 Å². The van der Waals surface area contributed by atoms with Gasteiger partial charge < -0.3 is 16.0 Å². The molecule has 0 radical (unpaired) electrons. The van der Waals surface area contributed by atoms with E-state index in [2.05, 4.69) is 24.1 Å². The van der Waals surface area contributed by atoms with E-state index in [1.165, 1.54) is 0 Å². The van der Waals surface area contributed by atoms with Gasteiger partial charge >= 0.3 is 0 Å². The molecule has 1 heterocycles. The molecule has 1 aliphatic rings. The number of hydrogen-bond acceptors (Lipinski definition) is 3. The molecule has 1 aromatic carbocycles. The van der Waals surface area contributed by atoms with Crippen molar-refractivity contribution in [2.24, 2.45) is 5.73 Å². The molecule has 0 aromatic heterocycles. The number of halogens is 1. The predicted octanol–water partition coefficient (Wildman–Crippen LogP) is 1.63. The Morgan fingerprint density at radius 1 is 1.50 bits per heavy atom. The van der Waals surface area contributed by atoms with E-state index >= 15 is 0 Å². The number of nitrogens with two attached hydrogens (primary N) is 1. The van der Waals surface area contributed by atoms with Crippen LogP contribution in [0.1, 0.15) is 24.2 Å². The van der Waals surface area contributed by atoms with Crippen LogP contribution in [0, 0.1) is 0 Å². The zero-order valence-electron chi connectivity index (χ0n) is 10.7. The van der Waals surface area contributed by atoms with Gasteiger partial charge in [0.15, 0.2) is 0 Å². The summed E-state index contributed by atoms with van der Waals surface area (Å²) in [4.78, 5) is 13.4. The van der Waals surface area contributed by atoms with Gasteiger partial charge in [0.2, 0.25) is 5.91 Å². The van der Waals surface area contributed by atoms with Crippen LogP contribution >= 0.6 is 11.6 Å². The molecular formula is C13H18ClN3O. The van der Waals surface area contributed by atoms with Gasteiger partial charge in [0.1, 0.15) is 0 Å². The molecule has 0 unspecified atom stereocenters. The lowest BCUT2D eigenvalue weighted by Gasteiger charge is -2.44. The summed E-state index contributed by atoms with van der Waals surface area (Å²) in [5.74, 6) is -0.494. The molecule has 3 N–H and O–H groups in total. The topological polar surface area (TPSA) is 58.4 Å². The average Bonchev–Trinajstić information content (AvgIpc) is 2.27. The summed E-state index contributed by atoms with van der Waals surface area (Å²) < 4.78 is 0. The van der Waals surface area contributed by atoms with Crippen LogP contribution in [-0.2, 0) is 0 Å². The Morgan fingerprint density at radius 3 is 2.78 bits per heavy atom. The number of anilines is 1. The summed E-state index contributed by atoms with van der Waals surface area (Å²) in [5, 5.41) is 3.78. The molecule has 0 aliphatic carbocycles. The number of piperazine rings is 1. The number of nitrogens with one attached hydrogen (secondary N) is 1. The molecule has 5 heteroatoms. The normalized spacial score (nSPS) is 18.7. The van der Waals surface area contributed by atoms with E-state index in [9.17, 15) is 4.79 Å². The van der Waals surface area contributed by atoms with Gasteiger partial charge in [-0.3, -0.25) is 4.79 Å². The summed E-state index contributed by atoms with van der Waals surface area (Å²) in [6.07, 6.45) is 0. The number of rotatable bonds is 2. The van der Waals surface area contributed by atoms with Gasteiger partial charge in [-0.05, 0) is 32.0 Å². The van der Waals surface area contributed by atoms with Crippen molar-refractivity contribution in [2.45, 2.75) is 19.4 Å². The Morgan fingerprint density at radius 2 is 2.22 bits per heavy atom. The first-order chi connectivity index (χ1) is 8.42. The van der Waals surface area contributed by atoms with Gasteiger partial charge in [0.25, 0.3) is 0 Å². The molecule has 1 saturated heterocycles. The number of carbonyl (C=O) groups is 1. The van der Waals surface area contributed by atoms with Crippen LogP contribution in [0.2, 0.25) is 5.02 Å². The van der Waals surface area contributed by atoms with Gasteiger partial charge in [0, 0.05) is 30.9 Å². The number of carbonyl (C=O) groups excluding carboxylic acids is 1. The number of amides is 1. The molecular weight excluding hydrogens is 250 g/mol. The van der Waals surface area contributed by atoms with E-state index < -0.39 is 5.91 Å². The fourth-order valence-electron chi connectivity index (χ4n) is 2.33. The number of nitrogens with zero attached hydrogens (tertiary/aromatic N) is 1. The fraction of sp³-hybridized carbons (Fsp3) is 0.462. The van der Waals surface area contributed by atoms with Crippen molar-refractivity contribution in [3.63, 3.8) is 0 Å². The zero-order chi connectivity index (χ0) is 13.3. The minimum Gasteiger partial charge on any atom is -0.366 e. The van der Waals surface area contributed by atoms with Gasteiger partial charge in [-0.25, -0.2) is 0 Å². The highest BCUT2D eigenvalue weighted by molar-refractivity contribution is 6.34. The standard InChI is InChI=1S/C13H18ClN3O/c1-13(2)8-16-5-6-17(13)9-3-4-10(12(15)18)11(14)7-9/h3-4,7,16H,5-6,8H2,1-2H3,(H2,15,18). The second-order valence-corrected chi connectivity index (χ2v) is 5.58. The molecule has 4 nitrogen and oxygen atoms in total. The fourth-order valence-corrected chi connectivity index (χ4v) is 2.60. The minimum absolute atomic E-state index is 0.0236. The summed E-state index contributed by atoms with van der Waals surface area (Å²) >= 11 is 6.09. The third-order valence-electron chi connectivity index (χ3n) is 3.33. The summed E-state index contributed by atoms with van der Waals surface area (Å²) in [7, 11) is 0. The smallest absolute Gasteiger partial charge is 0.250 e. The van der Waals surface area contributed by atoms with E-state index in [0.717, 1.165) is 25.3 Å². The first kappa shape index (κ1) is 13.2. The maximum atomic E-state index is 11.2. The molecule has 0 atom stereocenters. The quantitative estimate of drug-likeness (QED) is 0.856. The second-order valence-electron chi connectivity index (χ2n) is 5.17. The summed E-state index contributed by atoms with van der Waals surface area (Å²) in [6, 6.07) is 5.41. The molecule has 98 valence electrons. The molecule has 1 aromatic rings. The van der Waals surface area contributed by atoms with E-state index in [0.29, 0.717) is 10.6 Å². The van der Waals surface area contributed by atoms with Crippen molar-refractivity contribution in [3.8, 4) is 0 Å². The maximum Gasteiger partial charge on any atom is 0.250 e. The highest BCUT2D eigenvalue weighted by Crippen LogP contribution is 2.29. The Hall–Kier alpha value is -1.26. The maximum absolute atomic E-state index is 11.2. The molecule has 1 amide bonds. The Labute approximate surface area is 112 Å². The molecule has 2 rings (SSSR count). The highest BCUT2D eigenvalue weighted by atomic mass is 35.5. The van der Waals surface area contributed by atoms with E-state index in [-0.39, 0.29) is 5.54 Å².